The number of aromatic nitrogens is 4. The standard InChI is InChI=1S/C28H34N6OS/c1-5-34-26-22(16-24(27(34)35)25-18(2)30-19(3)36-25)17-29-28(32-26)31-23-11-9-21(10-12-23)20-8-6-7-14-33(4)15-13-20/h9-12,16-17,20H,5-8,13-15H2,1-4H3,(H,29,31,32). The van der Waals surface area contributed by atoms with E-state index in [2.05, 4.69) is 51.5 Å². The molecule has 1 fully saturated rings. The number of hydrogen-bond acceptors (Lipinski definition) is 7. The molecule has 7 nitrogen and oxygen atoms in total. The first-order valence-electron chi connectivity index (χ1n) is 12.8. The van der Waals surface area contributed by atoms with E-state index in [1.807, 2.05) is 26.8 Å². The second-order valence-corrected chi connectivity index (χ2v) is 11.0. The highest BCUT2D eigenvalue weighted by molar-refractivity contribution is 7.15. The zero-order chi connectivity index (χ0) is 25.2. The molecule has 3 aromatic heterocycles. The second kappa shape index (κ2) is 10.5. The molecule has 0 amide bonds. The number of nitrogens with zero attached hydrogens (tertiary/aromatic N) is 5. The van der Waals surface area contributed by atoms with Gasteiger partial charge in [-0.2, -0.15) is 4.98 Å². The summed E-state index contributed by atoms with van der Waals surface area (Å²) in [6.45, 7) is 8.77. The maximum atomic E-state index is 13.4. The largest absolute Gasteiger partial charge is 0.324 e. The topological polar surface area (TPSA) is 75.9 Å². The third kappa shape index (κ3) is 5.06. The summed E-state index contributed by atoms with van der Waals surface area (Å²) in [5.74, 6) is 1.10. The van der Waals surface area contributed by atoms with Crippen LogP contribution in [0.25, 0.3) is 21.5 Å². The van der Waals surface area contributed by atoms with E-state index in [1.54, 1.807) is 22.1 Å². The number of hydrogen-bond donors (Lipinski definition) is 1. The molecule has 0 spiro atoms. The fourth-order valence-corrected chi connectivity index (χ4v) is 6.09. The van der Waals surface area contributed by atoms with E-state index >= 15 is 0 Å². The van der Waals surface area contributed by atoms with Crippen LogP contribution in [0.4, 0.5) is 11.6 Å². The van der Waals surface area contributed by atoms with Crippen molar-refractivity contribution in [3.63, 3.8) is 0 Å². The van der Waals surface area contributed by atoms with Crippen LogP contribution in [-0.4, -0.2) is 44.6 Å². The van der Waals surface area contributed by atoms with Crippen LogP contribution in [0.2, 0.25) is 0 Å². The molecule has 8 heteroatoms. The van der Waals surface area contributed by atoms with Gasteiger partial charge in [-0.1, -0.05) is 18.6 Å². The first kappa shape index (κ1) is 24.6. The molecule has 36 heavy (non-hydrogen) atoms. The average molecular weight is 503 g/mol. The molecule has 1 atom stereocenters. The minimum absolute atomic E-state index is 0.0457. The number of fused-ring (bicyclic) bond motifs is 1. The Labute approximate surface area is 216 Å². The second-order valence-electron chi connectivity index (χ2n) is 9.76. The fraction of sp³-hybridized carbons (Fsp3) is 0.429. The Balaban J connectivity index is 1.40. The lowest BCUT2D eigenvalue weighted by Gasteiger charge is -2.25. The summed E-state index contributed by atoms with van der Waals surface area (Å²) in [5.41, 5.74) is 4.47. The molecule has 1 aliphatic rings. The van der Waals surface area contributed by atoms with E-state index in [4.69, 9.17) is 4.98 Å². The van der Waals surface area contributed by atoms with Gasteiger partial charge >= 0.3 is 0 Å². The van der Waals surface area contributed by atoms with Crippen molar-refractivity contribution in [1.82, 2.24) is 24.4 Å². The molecule has 5 rings (SSSR count). The molecule has 0 aliphatic carbocycles. The third-order valence-corrected chi connectivity index (χ3v) is 8.24. The van der Waals surface area contributed by atoms with Gasteiger partial charge in [0, 0.05) is 23.8 Å². The number of likely N-dealkylation sites (tertiary alicyclic amines) is 1. The first-order chi connectivity index (χ1) is 17.4. The molecule has 4 heterocycles. The minimum atomic E-state index is -0.0457. The van der Waals surface area contributed by atoms with Gasteiger partial charge in [0.05, 0.1) is 21.1 Å². The maximum Gasteiger partial charge on any atom is 0.260 e. The molecule has 1 aromatic carbocycles. The first-order valence-corrected chi connectivity index (χ1v) is 13.6. The molecule has 0 radical (unpaired) electrons. The van der Waals surface area contributed by atoms with Gasteiger partial charge in [-0.05, 0) is 89.9 Å². The molecule has 1 N–H and O–H groups in total. The number of benzene rings is 1. The van der Waals surface area contributed by atoms with Crippen LogP contribution in [0.5, 0.6) is 0 Å². The van der Waals surface area contributed by atoms with Crippen molar-refractivity contribution in [3.8, 4) is 10.4 Å². The van der Waals surface area contributed by atoms with Crippen molar-refractivity contribution in [2.45, 2.75) is 58.9 Å². The van der Waals surface area contributed by atoms with Crippen molar-refractivity contribution >= 4 is 34.0 Å². The van der Waals surface area contributed by atoms with Gasteiger partial charge in [0.1, 0.15) is 5.65 Å². The van der Waals surface area contributed by atoms with E-state index in [1.165, 1.54) is 37.8 Å². The molecular weight excluding hydrogens is 468 g/mol. The van der Waals surface area contributed by atoms with E-state index in [0.717, 1.165) is 33.2 Å². The number of thiazole rings is 1. The minimum Gasteiger partial charge on any atom is -0.324 e. The Bertz CT molecular complexity index is 1420. The van der Waals surface area contributed by atoms with Gasteiger partial charge in [0.2, 0.25) is 5.95 Å². The van der Waals surface area contributed by atoms with Crippen molar-refractivity contribution < 1.29 is 0 Å². The average Bonchev–Trinajstić information content (AvgIpc) is 3.19. The molecule has 0 bridgehead atoms. The summed E-state index contributed by atoms with van der Waals surface area (Å²) in [6.07, 6.45) is 6.81. The third-order valence-electron chi connectivity index (χ3n) is 7.13. The lowest BCUT2D eigenvalue weighted by Crippen LogP contribution is -2.24. The summed E-state index contributed by atoms with van der Waals surface area (Å²) in [5, 5.41) is 5.12. The number of nitrogens with one attached hydrogen (secondary N) is 1. The molecule has 1 unspecified atom stereocenters. The van der Waals surface area contributed by atoms with Gasteiger partial charge in [-0.15, -0.1) is 11.3 Å². The summed E-state index contributed by atoms with van der Waals surface area (Å²) in [7, 11) is 2.22. The predicted molar refractivity (Wildman–Crippen MR) is 148 cm³/mol. The maximum absolute atomic E-state index is 13.4. The van der Waals surface area contributed by atoms with E-state index in [9.17, 15) is 4.79 Å². The summed E-state index contributed by atoms with van der Waals surface area (Å²) in [6, 6.07) is 10.6. The Morgan fingerprint density at radius 2 is 1.89 bits per heavy atom. The fourth-order valence-electron chi connectivity index (χ4n) is 5.16. The molecule has 1 saturated heterocycles. The van der Waals surface area contributed by atoms with Crippen LogP contribution in [0.3, 0.4) is 0 Å². The van der Waals surface area contributed by atoms with E-state index in [-0.39, 0.29) is 5.56 Å². The molecule has 0 saturated carbocycles. The highest BCUT2D eigenvalue weighted by Crippen LogP contribution is 2.31. The molecule has 1 aliphatic heterocycles. The van der Waals surface area contributed by atoms with Gasteiger partial charge < -0.3 is 10.2 Å². The molecule has 4 aromatic rings. The zero-order valence-electron chi connectivity index (χ0n) is 21.5. The summed E-state index contributed by atoms with van der Waals surface area (Å²) in [4.78, 5) is 30.5. The molecule has 188 valence electrons. The number of anilines is 2. The predicted octanol–water partition coefficient (Wildman–Crippen LogP) is 5.88. The monoisotopic (exact) mass is 502 g/mol. The zero-order valence-corrected chi connectivity index (χ0v) is 22.4. The van der Waals surface area contributed by atoms with Crippen LogP contribution in [0, 0.1) is 13.8 Å². The van der Waals surface area contributed by atoms with Gasteiger partial charge in [0.25, 0.3) is 5.56 Å². The van der Waals surface area contributed by atoms with Crippen LogP contribution in [0.1, 0.15) is 54.8 Å². The quantitative estimate of drug-likeness (QED) is 0.367. The van der Waals surface area contributed by atoms with Crippen LogP contribution >= 0.6 is 11.3 Å². The van der Waals surface area contributed by atoms with Gasteiger partial charge in [0.15, 0.2) is 0 Å². The lowest BCUT2D eigenvalue weighted by molar-refractivity contribution is 0.283. The van der Waals surface area contributed by atoms with Gasteiger partial charge in [-0.3, -0.25) is 9.36 Å². The number of aryl methyl sites for hydroxylation is 3. The Kier molecular flexibility index (Phi) is 7.16. The van der Waals surface area contributed by atoms with Crippen molar-refractivity contribution in [2.75, 3.05) is 25.5 Å². The molecular formula is C28H34N6OS. The van der Waals surface area contributed by atoms with E-state index < -0.39 is 0 Å². The van der Waals surface area contributed by atoms with Crippen LogP contribution in [0.15, 0.2) is 41.3 Å². The lowest BCUT2D eigenvalue weighted by atomic mass is 9.89. The summed E-state index contributed by atoms with van der Waals surface area (Å²) >= 11 is 1.55. The smallest absolute Gasteiger partial charge is 0.260 e. The van der Waals surface area contributed by atoms with Crippen LogP contribution in [-0.2, 0) is 6.54 Å². The van der Waals surface area contributed by atoms with Crippen molar-refractivity contribution in [2.24, 2.45) is 0 Å². The SMILES string of the molecule is CCn1c(=O)c(-c2sc(C)nc2C)cc2cnc(Nc3ccc(C4CCCCN(C)CC4)cc3)nc21. The van der Waals surface area contributed by atoms with Gasteiger partial charge in [-0.25, -0.2) is 9.97 Å². The van der Waals surface area contributed by atoms with Crippen LogP contribution < -0.4 is 10.9 Å². The van der Waals surface area contributed by atoms with E-state index in [0.29, 0.717) is 29.6 Å². The Hall–Kier alpha value is -3.10. The highest BCUT2D eigenvalue weighted by Gasteiger charge is 2.18. The summed E-state index contributed by atoms with van der Waals surface area (Å²) < 4.78 is 1.72. The Morgan fingerprint density at radius 3 is 2.61 bits per heavy atom. The van der Waals surface area contributed by atoms with Crippen molar-refractivity contribution in [1.29, 1.82) is 0 Å². The highest BCUT2D eigenvalue weighted by atomic mass is 32.1. The normalized spacial score (nSPS) is 17.2. The number of pyridine rings is 1. The van der Waals surface area contributed by atoms with Crippen molar-refractivity contribution in [3.05, 3.63) is 63.1 Å². The Morgan fingerprint density at radius 1 is 1.08 bits per heavy atom. The number of rotatable bonds is 5.